The Morgan fingerprint density at radius 1 is 1.41 bits per heavy atom. The summed E-state index contributed by atoms with van der Waals surface area (Å²) < 4.78 is 27.2. The molecule has 1 aromatic rings. The molecule has 0 bridgehead atoms. The molecule has 96 valence electrons. The van der Waals surface area contributed by atoms with Crippen LogP contribution in [0.2, 0.25) is 8.67 Å². The van der Waals surface area contributed by atoms with Crippen LogP contribution in [0.1, 0.15) is 19.3 Å². The highest BCUT2D eigenvalue weighted by Crippen LogP contribution is 2.34. The zero-order chi connectivity index (χ0) is 12.6. The second-order valence-corrected chi connectivity index (χ2v) is 7.98. The molecule has 0 saturated heterocycles. The van der Waals surface area contributed by atoms with Crippen LogP contribution in [0.15, 0.2) is 11.0 Å². The van der Waals surface area contributed by atoms with Gasteiger partial charge in [-0.1, -0.05) is 29.6 Å². The minimum atomic E-state index is -3.62. The van der Waals surface area contributed by atoms with Crippen LogP contribution >= 0.6 is 34.5 Å². The Bertz CT molecular complexity index is 515. The SMILES string of the molecule is NC1CCCC1NS(=O)(=O)c1cc(Cl)sc1Cl. The Hall–Kier alpha value is 0.150. The van der Waals surface area contributed by atoms with E-state index in [1.165, 1.54) is 6.07 Å². The molecular weight excluding hydrogens is 303 g/mol. The first kappa shape index (κ1) is 13.6. The lowest BCUT2D eigenvalue weighted by Gasteiger charge is -2.16. The van der Waals surface area contributed by atoms with E-state index < -0.39 is 10.0 Å². The average molecular weight is 315 g/mol. The summed E-state index contributed by atoms with van der Waals surface area (Å²) in [5, 5.41) is 0. The molecule has 1 aliphatic carbocycles. The zero-order valence-electron chi connectivity index (χ0n) is 8.82. The van der Waals surface area contributed by atoms with Crippen molar-refractivity contribution in [2.75, 3.05) is 0 Å². The molecule has 2 rings (SSSR count). The van der Waals surface area contributed by atoms with E-state index >= 15 is 0 Å². The van der Waals surface area contributed by atoms with Crippen LogP contribution in [0, 0.1) is 0 Å². The third-order valence-corrected chi connectivity index (χ3v) is 6.03. The molecule has 0 radical (unpaired) electrons. The molecule has 0 aromatic carbocycles. The minimum absolute atomic E-state index is 0.0354. The van der Waals surface area contributed by atoms with E-state index in [1.54, 1.807) is 0 Å². The maximum Gasteiger partial charge on any atom is 0.243 e. The van der Waals surface area contributed by atoms with E-state index in [1.807, 2.05) is 0 Å². The molecule has 1 saturated carbocycles. The van der Waals surface area contributed by atoms with E-state index in [0.717, 1.165) is 30.6 Å². The molecule has 2 unspecified atom stereocenters. The van der Waals surface area contributed by atoms with E-state index in [4.69, 9.17) is 28.9 Å². The fraction of sp³-hybridized carbons (Fsp3) is 0.556. The standard InChI is InChI=1S/C9H12Cl2N2O2S2/c10-8-4-7(9(11)16-8)17(14,15)13-6-3-1-2-5(6)12/h4-6,13H,1-3,12H2. The summed E-state index contributed by atoms with van der Waals surface area (Å²) in [4.78, 5) is 0.0354. The van der Waals surface area contributed by atoms with E-state index in [2.05, 4.69) is 4.72 Å². The number of sulfonamides is 1. The van der Waals surface area contributed by atoms with Crippen molar-refractivity contribution >= 4 is 44.6 Å². The first-order valence-corrected chi connectivity index (χ1v) is 8.18. The van der Waals surface area contributed by atoms with Crippen LogP contribution in [0.25, 0.3) is 0 Å². The molecular formula is C9H12Cl2N2O2S2. The van der Waals surface area contributed by atoms with E-state index in [0.29, 0.717) is 4.34 Å². The van der Waals surface area contributed by atoms with Crippen LogP contribution in [-0.4, -0.2) is 20.5 Å². The molecule has 0 amide bonds. The van der Waals surface area contributed by atoms with Gasteiger partial charge in [0, 0.05) is 12.1 Å². The normalized spacial score (nSPS) is 25.4. The van der Waals surface area contributed by atoms with Crippen molar-refractivity contribution in [1.29, 1.82) is 0 Å². The summed E-state index contributed by atoms with van der Waals surface area (Å²) in [5.41, 5.74) is 5.82. The fourth-order valence-corrected chi connectivity index (χ4v) is 5.38. The Morgan fingerprint density at radius 2 is 2.12 bits per heavy atom. The second-order valence-electron chi connectivity index (χ2n) is 4.01. The van der Waals surface area contributed by atoms with Gasteiger partial charge in [-0.15, -0.1) is 11.3 Å². The molecule has 2 atom stereocenters. The third-order valence-electron chi connectivity index (χ3n) is 2.79. The summed E-state index contributed by atoms with van der Waals surface area (Å²) in [7, 11) is -3.62. The number of rotatable bonds is 3. The topological polar surface area (TPSA) is 72.2 Å². The van der Waals surface area contributed by atoms with Crippen molar-refractivity contribution < 1.29 is 8.42 Å². The van der Waals surface area contributed by atoms with Crippen molar-refractivity contribution in [1.82, 2.24) is 4.72 Å². The highest BCUT2D eigenvalue weighted by atomic mass is 35.5. The highest BCUT2D eigenvalue weighted by Gasteiger charge is 2.30. The first-order valence-electron chi connectivity index (χ1n) is 5.13. The van der Waals surface area contributed by atoms with Gasteiger partial charge in [0.15, 0.2) is 0 Å². The second kappa shape index (κ2) is 5.03. The van der Waals surface area contributed by atoms with Gasteiger partial charge in [0.05, 0.1) is 4.34 Å². The van der Waals surface area contributed by atoms with Crippen molar-refractivity contribution in [3.8, 4) is 0 Å². The molecule has 1 aliphatic rings. The number of nitrogens with one attached hydrogen (secondary N) is 1. The Morgan fingerprint density at radius 3 is 2.59 bits per heavy atom. The zero-order valence-corrected chi connectivity index (χ0v) is 12.0. The largest absolute Gasteiger partial charge is 0.326 e. The molecule has 8 heteroatoms. The van der Waals surface area contributed by atoms with Crippen molar-refractivity contribution in [2.45, 2.75) is 36.2 Å². The molecule has 3 N–H and O–H groups in total. The van der Waals surface area contributed by atoms with Gasteiger partial charge >= 0.3 is 0 Å². The predicted molar refractivity (Wildman–Crippen MR) is 70.3 cm³/mol. The number of nitrogens with two attached hydrogens (primary N) is 1. The number of hydrogen-bond acceptors (Lipinski definition) is 4. The molecule has 0 aliphatic heterocycles. The van der Waals surface area contributed by atoms with Crippen LogP contribution < -0.4 is 10.5 Å². The lowest BCUT2D eigenvalue weighted by atomic mass is 10.2. The van der Waals surface area contributed by atoms with Crippen LogP contribution in [0.3, 0.4) is 0 Å². The number of hydrogen-bond donors (Lipinski definition) is 2. The molecule has 1 heterocycles. The lowest BCUT2D eigenvalue weighted by Crippen LogP contribution is -2.43. The molecule has 17 heavy (non-hydrogen) atoms. The molecule has 0 spiro atoms. The van der Waals surface area contributed by atoms with E-state index in [9.17, 15) is 8.42 Å². The Labute approximate surface area is 114 Å². The molecule has 1 aromatic heterocycles. The maximum atomic E-state index is 12.1. The first-order chi connectivity index (χ1) is 7.90. The summed E-state index contributed by atoms with van der Waals surface area (Å²) >= 11 is 12.6. The lowest BCUT2D eigenvalue weighted by molar-refractivity contribution is 0.522. The fourth-order valence-electron chi connectivity index (χ4n) is 1.91. The highest BCUT2D eigenvalue weighted by molar-refractivity contribution is 7.89. The van der Waals surface area contributed by atoms with E-state index in [-0.39, 0.29) is 21.3 Å². The van der Waals surface area contributed by atoms with Crippen LogP contribution in [0.4, 0.5) is 0 Å². The van der Waals surface area contributed by atoms with Gasteiger partial charge in [0.1, 0.15) is 9.23 Å². The quantitative estimate of drug-likeness (QED) is 0.898. The Balaban J connectivity index is 2.22. The van der Waals surface area contributed by atoms with Gasteiger partial charge < -0.3 is 5.73 Å². The van der Waals surface area contributed by atoms with Crippen molar-refractivity contribution in [3.05, 3.63) is 14.7 Å². The maximum absolute atomic E-state index is 12.1. The molecule has 4 nitrogen and oxygen atoms in total. The Kier molecular flexibility index (Phi) is 4.02. The number of thiophene rings is 1. The number of halogens is 2. The van der Waals surface area contributed by atoms with Crippen molar-refractivity contribution in [2.24, 2.45) is 5.73 Å². The van der Waals surface area contributed by atoms with Crippen molar-refractivity contribution in [3.63, 3.8) is 0 Å². The summed E-state index contributed by atoms with van der Waals surface area (Å²) in [6.45, 7) is 0. The van der Waals surface area contributed by atoms with Gasteiger partial charge in [-0.25, -0.2) is 13.1 Å². The third kappa shape index (κ3) is 2.94. The predicted octanol–water partition coefficient (Wildman–Crippen LogP) is 2.21. The minimum Gasteiger partial charge on any atom is -0.326 e. The van der Waals surface area contributed by atoms with Gasteiger partial charge in [-0.3, -0.25) is 0 Å². The monoisotopic (exact) mass is 314 g/mol. The van der Waals surface area contributed by atoms with Gasteiger partial charge in [-0.05, 0) is 18.9 Å². The summed E-state index contributed by atoms with van der Waals surface area (Å²) in [6, 6.07) is 1.02. The van der Waals surface area contributed by atoms with Gasteiger partial charge in [0.25, 0.3) is 0 Å². The summed E-state index contributed by atoms with van der Waals surface area (Å²) in [5.74, 6) is 0. The summed E-state index contributed by atoms with van der Waals surface area (Å²) in [6.07, 6.45) is 2.54. The molecule has 1 fully saturated rings. The average Bonchev–Trinajstić information content (AvgIpc) is 2.74. The smallest absolute Gasteiger partial charge is 0.243 e. The van der Waals surface area contributed by atoms with Crippen LogP contribution in [0.5, 0.6) is 0 Å². The van der Waals surface area contributed by atoms with Crippen LogP contribution in [-0.2, 0) is 10.0 Å². The van der Waals surface area contributed by atoms with Gasteiger partial charge in [0.2, 0.25) is 10.0 Å². The van der Waals surface area contributed by atoms with Gasteiger partial charge in [-0.2, -0.15) is 0 Å².